The minimum Gasteiger partial charge on any atom is -0.445 e. The lowest BCUT2D eigenvalue weighted by Crippen LogP contribution is -2.55. The van der Waals surface area contributed by atoms with E-state index >= 15 is 0 Å². The molecule has 2 atom stereocenters. The normalized spacial score (nSPS) is 12.3. The van der Waals surface area contributed by atoms with Crippen molar-refractivity contribution in [2.45, 2.75) is 44.7 Å². The van der Waals surface area contributed by atoms with Crippen LogP contribution in [0.3, 0.4) is 0 Å². The molecule has 0 aliphatic carbocycles. The number of halogens is 1. The zero-order chi connectivity index (χ0) is 25.8. The molecular formula is C25H31ClN4O5. The van der Waals surface area contributed by atoms with Gasteiger partial charge in [0.05, 0.1) is 6.54 Å². The Morgan fingerprint density at radius 1 is 1.00 bits per heavy atom. The number of nitrogens with two attached hydrogens (primary N) is 1. The highest BCUT2D eigenvalue weighted by molar-refractivity contribution is 6.30. The van der Waals surface area contributed by atoms with Gasteiger partial charge in [-0.05, 0) is 23.5 Å². The molecule has 2 aromatic carbocycles. The van der Waals surface area contributed by atoms with Crippen LogP contribution in [0.25, 0.3) is 0 Å². The van der Waals surface area contributed by atoms with Crippen molar-refractivity contribution in [2.24, 2.45) is 11.7 Å². The van der Waals surface area contributed by atoms with Gasteiger partial charge < -0.3 is 15.8 Å². The van der Waals surface area contributed by atoms with Crippen molar-refractivity contribution >= 4 is 35.4 Å². The molecule has 0 fully saturated rings. The molecule has 35 heavy (non-hydrogen) atoms. The molecule has 0 heterocycles. The van der Waals surface area contributed by atoms with Gasteiger partial charge in [-0.15, -0.1) is 11.6 Å². The SMILES string of the molecule is CC(C)C[C@H](NC(=O)OCc1ccccc1)C(=O)NN(CCC(N)=O)C(=O)C(Cl)c1ccccc1. The first-order chi connectivity index (χ1) is 16.7. The Kier molecular flexibility index (Phi) is 11.0. The van der Waals surface area contributed by atoms with Crippen LogP contribution in [0.4, 0.5) is 4.79 Å². The van der Waals surface area contributed by atoms with Gasteiger partial charge in [0.1, 0.15) is 18.0 Å². The van der Waals surface area contributed by atoms with Gasteiger partial charge in [0.15, 0.2) is 0 Å². The predicted octanol–water partition coefficient (Wildman–Crippen LogP) is 3.04. The number of nitrogens with one attached hydrogen (secondary N) is 2. The Bertz CT molecular complexity index is 988. The Morgan fingerprint density at radius 3 is 2.17 bits per heavy atom. The molecule has 0 radical (unpaired) electrons. The van der Waals surface area contributed by atoms with Gasteiger partial charge in [0.2, 0.25) is 5.91 Å². The van der Waals surface area contributed by atoms with Gasteiger partial charge in [-0.3, -0.25) is 24.8 Å². The first-order valence-electron chi connectivity index (χ1n) is 11.2. The average Bonchev–Trinajstić information content (AvgIpc) is 2.84. The van der Waals surface area contributed by atoms with Crippen LogP contribution in [0, 0.1) is 5.92 Å². The van der Waals surface area contributed by atoms with E-state index in [4.69, 9.17) is 22.1 Å². The number of nitrogens with zero attached hydrogens (tertiary/aromatic N) is 1. The molecule has 0 saturated heterocycles. The summed E-state index contributed by atoms with van der Waals surface area (Å²) in [5, 5.41) is 2.41. The number of primary amides is 1. The molecule has 9 nitrogen and oxygen atoms in total. The van der Waals surface area contributed by atoms with Crippen molar-refractivity contribution in [2.75, 3.05) is 6.54 Å². The van der Waals surface area contributed by atoms with E-state index < -0.39 is 35.2 Å². The molecule has 10 heteroatoms. The van der Waals surface area contributed by atoms with Crippen molar-refractivity contribution < 1.29 is 23.9 Å². The van der Waals surface area contributed by atoms with E-state index in [1.54, 1.807) is 30.3 Å². The molecular weight excluding hydrogens is 472 g/mol. The molecule has 2 aromatic rings. The molecule has 4 N–H and O–H groups in total. The highest BCUT2D eigenvalue weighted by atomic mass is 35.5. The van der Waals surface area contributed by atoms with Crippen LogP contribution in [0.15, 0.2) is 60.7 Å². The molecule has 1 unspecified atom stereocenters. The number of benzene rings is 2. The Morgan fingerprint density at radius 2 is 1.60 bits per heavy atom. The maximum Gasteiger partial charge on any atom is 0.408 e. The van der Waals surface area contributed by atoms with Crippen LogP contribution in [-0.4, -0.2) is 41.4 Å². The topological polar surface area (TPSA) is 131 Å². The average molecular weight is 503 g/mol. The van der Waals surface area contributed by atoms with Gasteiger partial charge in [-0.25, -0.2) is 4.79 Å². The molecule has 0 aliphatic rings. The fourth-order valence-corrected chi connectivity index (χ4v) is 3.43. The van der Waals surface area contributed by atoms with Crippen molar-refractivity contribution in [3.8, 4) is 0 Å². The fraction of sp³-hybridized carbons (Fsp3) is 0.360. The second kappa shape index (κ2) is 14.0. The number of rotatable bonds is 11. The van der Waals surface area contributed by atoms with Crippen molar-refractivity contribution in [1.82, 2.24) is 15.8 Å². The predicted molar refractivity (Wildman–Crippen MR) is 132 cm³/mol. The third-order valence-corrected chi connectivity index (χ3v) is 5.37. The summed E-state index contributed by atoms with van der Waals surface area (Å²) in [6, 6.07) is 16.7. The van der Waals surface area contributed by atoms with E-state index in [2.05, 4.69) is 10.7 Å². The first kappa shape index (κ1) is 27.7. The highest BCUT2D eigenvalue weighted by Gasteiger charge is 2.29. The summed E-state index contributed by atoms with van der Waals surface area (Å²) in [6.07, 6.45) is -0.678. The number of hydrogen-bond acceptors (Lipinski definition) is 5. The van der Waals surface area contributed by atoms with Crippen LogP contribution in [0.2, 0.25) is 0 Å². The first-order valence-corrected chi connectivity index (χ1v) is 11.7. The number of amides is 4. The van der Waals surface area contributed by atoms with E-state index in [-0.39, 0.29) is 31.9 Å². The molecule has 0 aliphatic heterocycles. The summed E-state index contributed by atoms with van der Waals surface area (Å²) in [4.78, 5) is 49.8. The summed E-state index contributed by atoms with van der Waals surface area (Å²) in [5.74, 6) is -1.89. The molecule has 0 bridgehead atoms. The van der Waals surface area contributed by atoms with Crippen molar-refractivity contribution in [3.05, 3.63) is 71.8 Å². The quantitative estimate of drug-likeness (QED) is 0.321. The lowest BCUT2D eigenvalue weighted by atomic mass is 10.0. The van der Waals surface area contributed by atoms with Crippen LogP contribution in [0.5, 0.6) is 0 Å². The number of alkyl carbamates (subject to hydrolysis) is 1. The Hall–Kier alpha value is -3.59. The number of ether oxygens (including phenoxy) is 1. The molecule has 0 saturated carbocycles. The van der Waals surface area contributed by atoms with Crippen LogP contribution in [0.1, 0.15) is 43.2 Å². The molecule has 0 spiro atoms. The largest absolute Gasteiger partial charge is 0.445 e. The van der Waals surface area contributed by atoms with Crippen molar-refractivity contribution in [3.63, 3.8) is 0 Å². The standard InChI is InChI=1S/C25H31ClN4O5/c1-17(2)15-20(28-25(34)35-16-18-9-5-3-6-10-18)23(32)29-30(14-13-21(27)31)24(33)22(26)19-11-7-4-8-12-19/h3-12,17,20,22H,13-16H2,1-2H3,(H2,27,31)(H,28,34)(H,29,32)/t20-,22?/m0/s1. The zero-order valence-corrected chi connectivity index (χ0v) is 20.5. The minimum absolute atomic E-state index is 0.0386. The molecule has 0 aromatic heterocycles. The number of alkyl halides is 1. The van der Waals surface area contributed by atoms with Gasteiger partial charge in [0, 0.05) is 6.42 Å². The van der Waals surface area contributed by atoms with E-state index in [0.717, 1.165) is 10.6 Å². The smallest absolute Gasteiger partial charge is 0.408 e. The van der Waals surface area contributed by atoms with E-state index in [1.807, 2.05) is 44.2 Å². The lowest BCUT2D eigenvalue weighted by molar-refractivity contribution is -0.142. The van der Waals surface area contributed by atoms with Gasteiger partial charge in [-0.1, -0.05) is 74.5 Å². The van der Waals surface area contributed by atoms with Crippen LogP contribution in [-0.2, 0) is 25.7 Å². The summed E-state index contributed by atoms with van der Waals surface area (Å²) in [7, 11) is 0. The number of carbonyl (C=O) groups is 4. The van der Waals surface area contributed by atoms with Crippen LogP contribution < -0.4 is 16.5 Å². The van der Waals surface area contributed by atoms with Gasteiger partial charge in [0.25, 0.3) is 11.8 Å². The Labute approximate surface area is 209 Å². The van der Waals surface area contributed by atoms with E-state index in [9.17, 15) is 19.2 Å². The van der Waals surface area contributed by atoms with E-state index in [1.165, 1.54) is 0 Å². The lowest BCUT2D eigenvalue weighted by Gasteiger charge is -2.28. The second-order valence-electron chi connectivity index (χ2n) is 8.34. The molecule has 188 valence electrons. The third kappa shape index (κ3) is 9.66. The van der Waals surface area contributed by atoms with Crippen molar-refractivity contribution in [1.29, 1.82) is 0 Å². The maximum absolute atomic E-state index is 13.1. The summed E-state index contributed by atoms with van der Waals surface area (Å²) < 4.78 is 5.22. The van der Waals surface area contributed by atoms with Crippen LogP contribution >= 0.6 is 11.6 Å². The highest BCUT2D eigenvalue weighted by Crippen LogP contribution is 2.22. The zero-order valence-electron chi connectivity index (χ0n) is 19.8. The summed E-state index contributed by atoms with van der Waals surface area (Å²) in [5.41, 5.74) is 9.05. The third-order valence-electron chi connectivity index (χ3n) is 4.93. The number of hydrazine groups is 1. The number of carbonyl (C=O) groups excluding carboxylic acids is 4. The fourth-order valence-electron chi connectivity index (χ4n) is 3.17. The molecule has 4 amide bonds. The minimum atomic E-state index is -1.10. The second-order valence-corrected chi connectivity index (χ2v) is 8.78. The monoisotopic (exact) mass is 502 g/mol. The van der Waals surface area contributed by atoms with E-state index in [0.29, 0.717) is 5.56 Å². The summed E-state index contributed by atoms with van der Waals surface area (Å²) >= 11 is 6.35. The van der Waals surface area contributed by atoms with Gasteiger partial charge >= 0.3 is 6.09 Å². The number of hydrogen-bond donors (Lipinski definition) is 3. The molecule has 2 rings (SSSR count). The summed E-state index contributed by atoms with van der Waals surface area (Å²) in [6.45, 7) is 3.63. The maximum atomic E-state index is 13.1. The Balaban J connectivity index is 2.09. The van der Waals surface area contributed by atoms with Gasteiger partial charge in [-0.2, -0.15) is 0 Å².